The lowest BCUT2D eigenvalue weighted by molar-refractivity contribution is 0.398. The molecule has 44 valence electrons. The third-order valence-corrected chi connectivity index (χ3v) is 1.27. The van der Waals surface area contributed by atoms with Crippen LogP contribution in [0.5, 0.6) is 0 Å². The second kappa shape index (κ2) is 2.28. The van der Waals surface area contributed by atoms with Crippen molar-refractivity contribution < 1.29 is 10.0 Å². The first-order chi connectivity index (χ1) is 3.80. The van der Waals surface area contributed by atoms with E-state index in [1.54, 1.807) is 6.21 Å². The molecule has 4 heteroatoms. The molecule has 0 saturated carbocycles. The predicted octanol–water partition coefficient (Wildman–Crippen LogP) is -0.696. The molecule has 0 bridgehead atoms. The fraction of sp³-hybridized carbons (Fsp3) is 0.750. The molecule has 3 nitrogen and oxygen atoms in total. The van der Waals surface area contributed by atoms with Crippen molar-refractivity contribution in [3.8, 4) is 0 Å². The van der Waals surface area contributed by atoms with Gasteiger partial charge in [-0.25, -0.2) is 0 Å². The predicted molar refractivity (Wildman–Crippen MR) is 31.9 cm³/mol. The van der Waals surface area contributed by atoms with Crippen molar-refractivity contribution in [3.63, 3.8) is 0 Å². The van der Waals surface area contributed by atoms with Crippen LogP contribution in [-0.4, -0.2) is 29.9 Å². The molecule has 0 aromatic rings. The summed E-state index contributed by atoms with van der Waals surface area (Å²) in [5.41, 5.74) is 0. The Kier molecular flexibility index (Phi) is 1.65. The lowest BCUT2D eigenvalue weighted by Gasteiger charge is -1.99. The summed E-state index contributed by atoms with van der Waals surface area (Å²) in [4.78, 5) is 3.84. The number of nitrogens with zero attached hydrogens (tertiary/aromatic N) is 1. The van der Waals surface area contributed by atoms with Crippen molar-refractivity contribution in [1.82, 2.24) is 0 Å². The lowest BCUT2D eigenvalue weighted by Crippen LogP contribution is -2.19. The van der Waals surface area contributed by atoms with Gasteiger partial charge in [-0.3, -0.25) is 4.99 Å². The topological polar surface area (TPSA) is 52.8 Å². The molecule has 0 aliphatic carbocycles. The molecule has 0 saturated heterocycles. The lowest BCUT2D eigenvalue weighted by atomic mass is 9.73. The second-order valence-electron chi connectivity index (χ2n) is 1.92. The van der Waals surface area contributed by atoms with Crippen LogP contribution < -0.4 is 0 Å². The normalized spacial score (nSPS) is 26.5. The van der Waals surface area contributed by atoms with Crippen LogP contribution in [0.15, 0.2) is 4.99 Å². The SMILES string of the molecule is OB(O)C1C=NCC1. The van der Waals surface area contributed by atoms with E-state index >= 15 is 0 Å². The van der Waals surface area contributed by atoms with Crippen LogP contribution in [0.2, 0.25) is 5.82 Å². The first kappa shape index (κ1) is 5.79. The van der Waals surface area contributed by atoms with Crippen molar-refractivity contribution in [2.75, 3.05) is 6.54 Å². The molecule has 0 aromatic carbocycles. The van der Waals surface area contributed by atoms with E-state index in [0.717, 1.165) is 13.0 Å². The minimum absolute atomic E-state index is 0.116. The molecule has 0 fully saturated rings. The smallest absolute Gasteiger partial charge is 0.427 e. The number of hydrogen-bond acceptors (Lipinski definition) is 3. The highest BCUT2D eigenvalue weighted by molar-refractivity contribution is 6.47. The molecule has 1 aliphatic rings. The zero-order valence-corrected chi connectivity index (χ0v) is 4.49. The van der Waals surface area contributed by atoms with Crippen LogP contribution in [-0.2, 0) is 0 Å². The summed E-state index contributed by atoms with van der Waals surface area (Å²) in [6.07, 6.45) is 2.38. The maximum absolute atomic E-state index is 8.52. The largest absolute Gasteiger partial charge is 0.460 e. The Bertz CT molecular complexity index is 104. The average Bonchev–Trinajstić information content (AvgIpc) is 2.12. The zero-order chi connectivity index (χ0) is 5.98. The Hall–Kier alpha value is -0.345. The van der Waals surface area contributed by atoms with Gasteiger partial charge < -0.3 is 10.0 Å². The Labute approximate surface area is 48.2 Å². The van der Waals surface area contributed by atoms with Gasteiger partial charge >= 0.3 is 7.12 Å². The first-order valence-electron chi connectivity index (χ1n) is 2.67. The third-order valence-electron chi connectivity index (χ3n) is 1.27. The molecule has 0 radical (unpaired) electrons. The zero-order valence-electron chi connectivity index (χ0n) is 4.49. The van der Waals surface area contributed by atoms with Gasteiger partial charge in [-0.1, -0.05) is 0 Å². The van der Waals surface area contributed by atoms with Gasteiger partial charge in [0.15, 0.2) is 0 Å². The van der Waals surface area contributed by atoms with Crippen molar-refractivity contribution in [2.45, 2.75) is 12.2 Å². The fourth-order valence-corrected chi connectivity index (χ4v) is 0.734. The van der Waals surface area contributed by atoms with Gasteiger partial charge in [0.05, 0.1) is 0 Å². The van der Waals surface area contributed by atoms with E-state index in [-0.39, 0.29) is 5.82 Å². The van der Waals surface area contributed by atoms with Gasteiger partial charge in [0, 0.05) is 12.4 Å². The summed E-state index contributed by atoms with van der Waals surface area (Å²) >= 11 is 0. The standard InChI is InChI=1S/C4H8BNO2/c7-5(8)4-1-2-6-3-4/h3-4,7-8H,1-2H2. The van der Waals surface area contributed by atoms with E-state index in [1.807, 2.05) is 0 Å². The van der Waals surface area contributed by atoms with E-state index < -0.39 is 7.12 Å². The molecule has 1 aliphatic heterocycles. The molecule has 0 aromatic heterocycles. The Balaban J connectivity index is 2.36. The van der Waals surface area contributed by atoms with Crippen LogP contribution in [0.25, 0.3) is 0 Å². The Morgan fingerprint density at radius 1 is 1.62 bits per heavy atom. The molecule has 2 N–H and O–H groups in total. The minimum Gasteiger partial charge on any atom is -0.427 e. The molecule has 8 heavy (non-hydrogen) atoms. The molecule has 1 heterocycles. The van der Waals surface area contributed by atoms with Gasteiger partial charge in [0.1, 0.15) is 0 Å². The minimum atomic E-state index is -1.21. The van der Waals surface area contributed by atoms with E-state index in [2.05, 4.69) is 4.99 Å². The molecule has 1 unspecified atom stereocenters. The Morgan fingerprint density at radius 3 is 2.62 bits per heavy atom. The molecular weight excluding hydrogens is 105 g/mol. The van der Waals surface area contributed by atoms with Crippen molar-refractivity contribution in [1.29, 1.82) is 0 Å². The van der Waals surface area contributed by atoms with E-state index in [0.29, 0.717) is 0 Å². The van der Waals surface area contributed by atoms with Crippen LogP contribution in [0.1, 0.15) is 6.42 Å². The average molecular weight is 113 g/mol. The molecular formula is C4H8BNO2. The summed E-state index contributed by atoms with van der Waals surface area (Å²) in [6.45, 7) is 0.738. The molecule has 1 rings (SSSR count). The summed E-state index contributed by atoms with van der Waals surface area (Å²) < 4.78 is 0. The maximum atomic E-state index is 8.52. The summed E-state index contributed by atoms with van der Waals surface area (Å²) in [5.74, 6) is -0.116. The van der Waals surface area contributed by atoms with Gasteiger partial charge in [0.25, 0.3) is 0 Å². The van der Waals surface area contributed by atoms with Crippen molar-refractivity contribution in [3.05, 3.63) is 0 Å². The first-order valence-corrected chi connectivity index (χ1v) is 2.67. The quantitative estimate of drug-likeness (QED) is 0.442. The van der Waals surface area contributed by atoms with Crippen molar-refractivity contribution in [2.24, 2.45) is 4.99 Å². The van der Waals surface area contributed by atoms with Crippen LogP contribution in [0.4, 0.5) is 0 Å². The molecule has 1 atom stereocenters. The van der Waals surface area contributed by atoms with Gasteiger partial charge in [-0.05, 0) is 12.6 Å². The number of hydrogen-bond donors (Lipinski definition) is 2. The van der Waals surface area contributed by atoms with Crippen LogP contribution in [0, 0.1) is 0 Å². The van der Waals surface area contributed by atoms with Crippen LogP contribution in [0.3, 0.4) is 0 Å². The summed E-state index contributed by atoms with van der Waals surface area (Å²) in [7, 11) is -1.21. The second-order valence-corrected chi connectivity index (χ2v) is 1.92. The van der Waals surface area contributed by atoms with Gasteiger partial charge in [-0.2, -0.15) is 0 Å². The monoisotopic (exact) mass is 113 g/mol. The fourth-order valence-electron chi connectivity index (χ4n) is 0.734. The highest BCUT2D eigenvalue weighted by Gasteiger charge is 2.23. The highest BCUT2D eigenvalue weighted by Crippen LogP contribution is 2.14. The van der Waals surface area contributed by atoms with Crippen molar-refractivity contribution >= 4 is 13.3 Å². The summed E-state index contributed by atoms with van der Waals surface area (Å²) in [6, 6.07) is 0. The summed E-state index contributed by atoms with van der Waals surface area (Å²) in [5, 5.41) is 17.0. The number of aliphatic imine (C=N–C) groups is 1. The highest BCUT2D eigenvalue weighted by atomic mass is 16.4. The van der Waals surface area contributed by atoms with E-state index in [4.69, 9.17) is 10.0 Å². The van der Waals surface area contributed by atoms with Gasteiger partial charge in [-0.15, -0.1) is 0 Å². The van der Waals surface area contributed by atoms with Gasteiger partial charge in [0.2, 0.25) is 0 Å². The third kappa shape index (κ3) is 1.08. The molecule has 0 amide bonds. The molecule has 0 spiro atoms. The van der Waals surface area contributed by atoms with E-state index in [1.165, 1.54) is 0 Å². The number of rotatable bonds is 1. The maximum Gasteiger partial charge on any atom is 0.460 e. The Morgan fingerprint density at radius 2 is 2.38 bits per heavy atom. The van der Waals surface area contributed by atoms with Crippen LogP contribution >= 0.6 is 0 Å². The van der Waals surface area contributed by atoms with E-state index in [9.17, 15) is 0 Å².